The second-order valence-corrected chi connectivity index (χ2v) is 11.7. The lowest BCUT2D eigenvalue weighted by Crippen LogP contribution is -2.32. The minimum Gasteiger partial charge on any atom is -0.303 e. The molecule has 0 radical (unpaired) electrons. The zero-order valence-corrected chi connectivity index (χ0v) is 17.9. The van der Waals surface area contributed by atoms with Crippen LogP contribution in [0.25, 0.3) is 10.2 Å². The van der Waals surface area contributed by atoms with Crippen LogP contribution in [0.15, 0.2) is 28.6 Å². The molecule has 0 spiro atoms. The Morgan fingerprint density at radius 1 is 1.04 bits per heavy atom. The summed E-state index contributed by atoms with van der Waals surface area (Å²) in [6.07, 6.45) is 7.89. The summed E-state index contributed by atoms with van der Waals surface area (Å²) >= 11 is 1.50. The fraction of sp³-hybridized carbons (Fsp3) is 0.667. The van der Waals surface area contributed by atoms with Crippen molar-refractivity contribution in [2.24, 2.45) is 17.8 Å². The first kappa shape index (κ1) is 19.0. The van der Waals surface area contributed by atoms with Gasteiger partial charge in [-0.05, 0) is 74.7 Å². The molecular weight excluding hydrogens is 390 g/mol. The van der Waals surface area contributed by atoms with Crippen LogP contribution >= 0.6 is 11.3 Å². The van der Waals surface area contributed by atoms with E-state index in [0.29, 0.717) is 29.8 Å². The molecule has 1 aromatic heterocycles. The quantitative estimate of drug-likeness (QED) is 0.756. The highest BCUT2D eigenvalue weighted by Crippen LogP contribution is 2.36. The largest absolute Gasteiger partial charge is 0.303 e. The van der Waals surface area contributed by atoms with Crippen LogP contribution in [0.2, 0.25) is 0 Å². The van der Waals surface area contributed by atoms with Crippen LogP contribution in [0.1, 0.15) is 38.5 Å². The maximum absolute atomic E-state index is 13.2. The van der Waals surface area contributed by atoms with Crippen molar-refractivity contribution in [1.82, 2.24) is 14.2 Å². The highest BCUT2D eigenvalue weighted by atomic mass is 32.2. The molecule has 1 aromatic carbocycles. The number of aromatic nitrogens is 1. The summed E-state index contributed by atoms with van der Waals surface area (Å²) in [6, 6.07) is 5.34. The van der Waals surface area contributed by atoms with Crippen LogP contribution < -0.4 is 0 Å². The molecule has 3 aliphatic rings. The van der Waals surface area contributed by atoms with Gasteiger partial charge in [-0.1, -0.05) is 12.8 Å². The number of nitrogens with zero attached hydrogens (tertiary/aromatic N) is 3. The predicted octanol–water partition coefficient (Wildman–Crippen LogP) is 3.82. The van der Waals surface area contributed by atoms with Gasteiger partial charge >= 0.3 is 0 Å². The fourth-order valence-electron chi connectivity index (χ4n) is 5.44. The molecular formula is C21H29N3O2S2. The van der Waals surface area contributed by atoms with Crippen molar-refractivity contribution in [3.8, 4) is 0 Å². The first-order valence-electron chi connectivity index (χ1n) is 10.7. The number of likely N-dealkylation sites (tertiary alicyclic amines) is 1. The monoisotopic (exact) mass is 419 g/mol. The third-order valence-corrected chi connectivity index (χ3v) is 9.73. The lowest BCUT2D eigenvalue weighted by Gasteiger charge is -2.24. The molecule has 28 heavy (non-hydrogen) atoms. The first-order valence-corrected chi connectivity index (χ1v) is 13.0. The highest BCUT2D eigenvalue weighted by molar-refractivity contribution is 7.89. The van der Waals surface area contributed by atoms with Gasteiger partial charge in [0.25, 0.3) is 0 Å². The molecule has 7 heteroatoms. The SMILES string of the molecule is O=S(=O)(c1ccc2ncsc2c1)N1C[C@H]2CCN(CC3CCCC3)CC[C@H]2C1. The molecule has 0 bridgehead atoms. The Kier molecular flexibility index (Phi) is 5.20. The molecule has 0 amide bonds. The van der Waals surface area contributed by atoms with E-state index < -0.39 is 10.0 Å². The van der Waals surface area contributed by atoms with E-state index in [1.807, 2.05) is 6.07 Å². The molecule has 5 rings (SSSR count). The molecule has 0 unspecified atom stereocenters. The number of hydrogen-bond donors (Lipinski definition) is 0. The van der Waals surface area contributed by atoms with Crippen molar-refractivity contribution in [3.63, 3.8) is 0 Å². The fourth-order valence-corrected chi connectivity index (χ4v) is 7.81. The Bertz CT molecular complexity index is 920. The van der Waals surface area contributed by atoms with Gasteiger partial charge < -0.3 is 4.90 Å². The van der Waals surface area contributed by atoms with Gasteiger partial charge in [0.1, 0.15) is 0 Å². The van der Waals surface area contributed by atoms with E-state index in [2.05, 4.69) is 9.88 Å². The normalized spacial score (nSPS) is 28.0. The highest BCUT2D eigenvalue weighted by Gasteiger charge is 2.40. The van der Waals surface area contributed by atoms with Gasteiger partial charge in [-0.25, -0.2) is 13.4 Å². The molecule has 1 aliphatic carbocycles. The van der Waals surface area contributed by atoms with Gasteiger partial charge in [0.05, 0.1) is 20.6 Å². The minimum absolute atomic E-state index is 0.420. The van der Waals surface area contributed by atoms with Gasteiger partial charge in [-0.3, -0.25) is 0 Å². The van der Waals surface area contributed by atoms with E-state index in [1.165, 1.54) is 43.6 Å². The molecule has 2 aromatic rings. The number of sulfonamides is 1. The molecule has 3 fully saturated rings. The summed E-state index contributed by atoms with van der Waals surface area (Å²) in [5, 5.41) is 0. The van der Waals surface area contributed by atoms with Crippen LogP contribution in [-0.4, -0.2) is 55.3 Å². The summed E-state index contributed by atoms with van der Waals surface area (Å²) in [5.41, 5.74) is 2.64. The van der Waals surface area contributed by atoms with E-state index in [9.17, 15) is 8.42 Å². The van der Waals surface area contributed by atoms with Crippen LogP contribution in [0.3, 0.4) is 0 Å². The van der Waals surface area contributed by atoms with E-state index in [0.717, 1.165) is 42.1 Å². The number of rotatable bonds is 4. The number of fused-ring (bicyclic) bond motifs is 2. The van der Waals surface area contributed by atoms with Crippen molar-refractivity contribution >= 4 is 31.6 Å². The van der Waals surface area contributed by atoms with Crippen molar-refractivity contribution in [1.29, 1.82) is 0 Å². The lowest BCUT2D eigenvalue weighted by molar-refractivity contribution is 0.232. The third-order valence-electron chi connectivity index (χ3n) is 7.11. The van der Waals surface area contributed by atoms with Crippen molar-refractivity contribution < 1.29 is 8.42 Å². The van der Waals surface area contributed by atoms with E-state index in [-0.39, 0.29) is 0 Å². The Labute approximate surface area is 171 Å². The van der Waals surface area contributed by atoms with Crippen LogP contribution in [0.4, 0.5) is 0 Å². The Balaban J connectivity index is 1.25. The summed E-state index contributed by atoms with van der Waals surface area (Å²) in [6.45, 7) is 4.91. The van der Waals surface area contributed by atoms with E-state index in [1.54, 1.807) is 21.9 Å². The summed E-state index contributed by atoms with van der Waals surface area (Å²) in [7, 11) is -3.41. The van der Waals surface area contributed by atoms with Gasteiger partial charge in [0.15, 0.2) is 0 Å². The van der Waals surface area contributed by atoms with Gasteiger partial charge in [-0.2, -0.15) is 4.31 Å². The molecule has 5 nitrogen and oxygen atoms in total. The van der Waals surface area contributed by atoms with Gasteiger partial charge in [-0.15, -0.1) is 11.3 Å². The average Bonchev–Trinajstić information content (AvgIpc) is 3.42. The number of thiazole rings is 1. The van der Waals surface area contributed by atoms with Gasteiger partial charge in [0.2, 0.25) is 10.0 Å². The van der Waals surface area contributed by atoms with Crippen molar-refractivity contribution in [2.75, 3.05) is 32.7 Å². The maximum atomic E-state index is 13.2. The summed E-state index contributed by atoms with van der Waals surface area (Å²) in [4.78, 5) is 7.34. The topological polar surface area (TPSA) is 53.5 Å². The minimum atomic E-state index is -3.41. The molecule has 2 saturated heterocycles. The second-order valence-electron chi connectivity index (χ2n) is 8.85. The van der Waals surface area contributed by atoms with Crippen LogP contribution in [-0.2, 0) is 10.0 Å². The Hall–Kier alpha value is -1.02. The van der Waals surface area contributed by atoms with Crippen molar-refractivity contribution in [2.45, 2.75) is 43.4 Å². The summed E-state index contributed by atoms with van der Waals surface area (Å²) in [5.74, 6) is 1.92. The molecule has 0 N–H and O–H groups in total. The molecule has 152 valence electrons. The molecule has 2 atom stereocenters. The van der Waals surface area contributed by atoms with E-state index in [4.69, 9.17) is 0 Å². The third kappa shape index (κ3) is 3.62. The molecule has 3 heterocycles. The zero-order valence-electron chi connectivity index (χ0n) is 16.3. The van der Waals surface area contributed by atoms with Crippen molar-refractivity contribution in [3.05, 3.63) is 23.7 Å². The number of benzene rings is 1. The second kappa shape index (κ2) is 7.67. The first-order chi connectivity index (χ1) is 13.6. The average molecular weight is 420 g/mol. The standard InChI is InChI=1S/C21H29N3O2S2/c25-28(26,19-5-6-20-21(11-19)27-15-22-20)24-13-17-7-9-23(10-8-18(17)14-24)12-16-3-1-2-4-16/h5-6,11,15-18H,1-4,7-10,12-14H2/t17-,18+. The smallest absolute Gasteiger partial charge is 0.243 e. The summed E-state index contributed by atoms with van der Waals surface area (Å²) < 4.78 is 29.1. The van der Waals surface area contributed by atoms with E-state index >= 15 is 0 Å². The van der Waals surface area contributed by atoms with Crippen LogP contribution in [0.5, 0.6) is 0 Å². The van der Waals surface area contributed by atoms with Gasteiger partial charge in [0, 0.05) is 19.6 Å². The molecule has 2 aliphatic heterocycles. The Morgan fingerprint density at radius 2 is 1.75 bits per heavy atom. The number of hydrogen-bond acceptors (Lipinski definition) is 5. The molecule has 1 saturated carbocycles. The lowest BCUT2D eigenvalue weighted by atomic mass is 9.92. The maximum Gasteiger partial charge on any atom is 0.243 e. The Morgan fingerprint density at radius 3 is 2.46 bits per heavy atom. The zero-order chi connectivity index (χ0) is 19.1. The predicted molar refractivity (Wildman–Crippen MR) is 113 cm³/mol. The van der Waals surface area contributed by atoms with Crippen LogP contribution in [0, 0.1) is 17.8 Å².